The van der Waals surface area contributed by atoms with Gasteiger partial charge in [-0.05, 0) is 19.1 Å². The monoisotopic (exact) mass is 172 g/mol. The van der Waals surface area contributed by atoms with Gasteiger partial charge in [-0.2, -0.15) is 0 Å². The third-order valence-corrected chi connectivity index (χ3v) is 1.64. The Kier molecular flexibility index (Phi) is 2.18. The van der Waals surface area contributed by atoms with Crippen molar-refractivity contribution in [3.05, 3.63) is 34.9 Å². The highest BCUT2D eigenvalue weighted by atomic mass is 35.5. The second-order valence-electron chi connectivity index (χ2n) is 2.53. The third-order valence-electron chi connectivity index (χ3n) is 1.39. The van der Waals surface area contributed by atoms with Crippen molar-refractivity contribution < 1.29 is 10.2 Å². The lowest BCUT2D eigenvalue weighted by Gasteiger charge is -2.15. The van der Waals surface area contributed by atoms with E-state index in [9.17, 15) is 0 Å². The van der Waals surface area contributed by atoms with E-state index in [1.807, 2.05) is 0 Å². The molecule has 0 spiro atoms. The summed E-state index contributed by atoms with van der Waals surface area (Å²) < 4.78 is 0. The molecule has 0 unspecified atom stereocenters. The number of rotatable bonds is 1. The summed E-state index contributed by atoms with van der Waals surface area (Å²) in [5.74, 6) is -1.77. The van der Waals surface area contributed by atoms with Gasteiger partial charge in [0.25, 0.3) is 0 Å². The third kappa shape index (κ3) is 2.19. The van der Waals surface area contributed by atoms with E-state index in [1.165, 1.54) is 6.92 Å². The maximum absolute atomic E-state index is 9.09. The Balaban J connectivity index is 2.99. The van der Waals surface area contributed by atoms with Crippen LogP contribution in [-0.2, 0) is 5.79 Å². The molecule has 0 aliphatic carbocycles. The van der Waals surface area contributed by atoms with Gasteiger partial charge >= 0.3 is 0 Å². The fourth-order valence-corrected chi connectivity index (χ4v) is 0.892. The summed E-state index contributed by atoms with van der Waals surface area (Å²) in [4.78, 5) is 0. The lowest BCUT2D eigenvalue weighted by molar-refractivity contribution is -0.152. The zero-order chi connectivity index (χ0) is 8.48. The highest BCUT2D eigenvalue weighted by Crippen LogP contribution is 2.18. The summed E-state index contributed by atoms with van der Waals surface area (Å²) in [6.07, 6.45) is 0. The molecule has 3 heteroatoms. The van der Waals surface area contributed by atoms with Crippen molar-refractivity contribution in [2.45, 2.75) is 12.7 Å². The van der Waals surface area contributed by atoms with Gasteiger partial charge < -0.3 is 10.2 Å². The Labute approximate surface area is 70.1 Å². The largest absolute Gasteiger partial charge is 0.362 e. The highest BCUT2D eigenvalue weighted by molar-refractivity contribution is 6.30. The zero-order valence-electron chi connectivity index (χ0n) is 6.08. The van der Waals surface area contributed by atoms with Crippen LogP contribution in [-0.4, -0.2) is 10.2 Å². The average molecular weight is 173 g/mol. The molecule has 0 aliphatic heterocycles. The Morgan fingerprint density at radius 2 is 1.64 bits per heavy atom. The smallest absolute Gasteiger partial charge is 0.186 e. The summed E-state index contributed by atoms with van der Waals surface area (Å²) in [6, 6.07) is 6.37. The Hall–Kier alpha value is -0.570. The number of aliphatic hydroxyl groups is 2. The number of halogens is 1. The van der Waals surface area contributed by atoms with E-state index in [0.717, 1.165) is 0 Å². The molecule has 0 bridgehead atoms. The second kappa shape index (κ2) is 2.81. The van der Waals surface area contributed by atoms with Crippen LogP contribution < -0.4 is 0 Å². The summed E-state index contributed by atoms with van der Waals surface area (Å²) in [5, 5.41) is 18.8. The van der Waals surface area contributed by atoms with Gasteiger partial charge in [-0.3, -0.25) is 0 Å². The molecule has 0 saturated carbocycles. The van der Waals surface area contributed by atoms with Crippen molar-refractivity contribution in [2.24, 2.45) is 0 Å². The summed E-state index contributed by atoms with van der Waals surface area (Å²) in [6.45, 7) is 1.30. The molecule has 0 aliphatic rings. The predicted molar refractivity (Wildman–Crippen MR) is 43.2 cm³/mol. The van der Waals surface area contributed by atoms with Crippen LogP contribution in [0.15, 0.2) is 24.3 Å². The fourth-order valence-electron chi connectivity index (χ4n) is 0.766. The van der Waals surface area contributed by atoms with Crippen molar-refractivity contribution >= 4 is 11.6 Å². The normalized spacial score (nSPS) is 11.6. The standard InChI is InChI=1S/C8H9ClO2/c1-8(10,11)6-2-4-7(9)5-3-6/h2-5,10-11H,1H3. The highest BCUT2D eigenvalue weighted by Gasteiger charge is 2.17. The average Bonchev–Trinajstić information content (AvgIpc) is 1.86. The summed E-state index contributed by atoms with van der Waals surface area (Å²) >= 11 is 5.60. The van der Waals surface area contributed by atoms with E-state index in [0.29, 0.717) is 10.6 Å². The molecule has 1 aromatic rings. The molecule has 2 nitrogen and oxygen atoms in total. The Morgan fingerprint density at radius 3 is 2.00 bits per heavy atom. The van der Waals surface area contributed by atoms with E-state index >= 15 is 0 Å². The zero-order valence-corrected chi connectivity index (χ0v) is 6.84. The van der Waals surface area contributed by atoms with Crippen molar-refractivity contribution in [1.29, 1.82) is 0 Å². The molecule has 1 aromatic carbocycles. The first-order valence-corrected chi connectivity index (χ1v) is 3.59. The SMILES string of the molecule is CC(O)(O)c1ccc(Cl)cc1. The molecule has 0 saturated heterocycles. The minimum Gasteiger partial charge on any atom is -0.362 e. The van der Waals surface area contributed by atoms with E-state index in [2.05, 4.69) is 0 Å². The molecule has 0 amide bonds. The number of benzene rings is 1. The molecule has 60 valence electrons. The maximum atomic E-state index is 9.09. The van der Waals surface area contributed by atoms with Crippen LogP contribution in [0.5, 0.6) is 0 Å². The van der Waals surface area contributed by atoms with Gasteiger partial charge in [0, 0.05) is 10.6 Å². The Bertz CT molecular complexity index is 235. The van der Waals surface area contributed by atoms with Gasteiger partial charge in [-0.15, -0.1) is 0 Å². The lowest BCUT2D eigenvalue weighted by atomic mass is 10.1. The fraction of sp³-hybridized carbons (Fsp3) is 0.250. The minimum atomic E-state index is -1.77. The van der Waals surface area contributed by atoms with Crippen LogP contribution in [0.1, 0.15) is 12.5 Å². The first-order chi connectivity index (χ1) is 5.00. The first-order valence-electron chi connectivity index (χ1n) is 3.21. The van der Waals surface area contributed by atoms with Crippen LogP contribution in [0.25, 0.3) is 0 Å². The molecule has 0 atom stereocenters. The number of hydrogen-bond acceptors (Lipinski definition) is 2. The van der Waals surface area contributed by atoms with Crippen LogP contribution in [0.4, 0.5) is 0 Å². The first kappa shape index (κ1) is 8.53. The molecule has 0 radical (unpaired) electrons. The van der Waals surface area contributed by atoms with Gasteiger partial charge in [0.1, 0.15) is 0 Å². The quantitative estimate of drug-likeness (QED) is 0.631. The van der Waals surface area contributed by atoms with Crippen molar-refractivity contribution in [3.8, 4) is 0 Å². The molecule has 2 N–H and O–H groups in total. The van der Waals surface area contributed by atoms with Crippen LogP contribution in [0, 0.1) is 0 Å². The molecular weight excluding hydrogens is 164 g/mol. The molecule has 0 aromatic heterocycles. The van der Waals surface area contributed by atoms with Gasteiger partial charge in [0.05, 0.1) is 0 Å². The van der Waals surface area contributed by atoms with E-state index < -0.39 is 5.79 Å². The van der Waals surface area contributed by atoms with Crippen LogP contribution >= 0.6 is 11.6 Å². The van der Waals surface area contributed by atoms with Crippen LogP contribution in [0.3, 0.4) is 0 Å². The summed E-state index contributed by atoms with van der Waals surface area (Å²) in [7, 11) is 0. The molecule has 11 heavy (non-hydrogen) atoms. The van der Waals surface area contributed by atoms with Crippen molar-refractivity contribution in [1.82, 2.24) is 0 Å². The van der Waals surface area contributed by atoms with Gasteiger partial charge in [0.2, 0.25) is 0 Å². The molecule has 0 heterocycles. The van der Waals surface area contributed by atoms with E-state index in [-0.39, 0.29) is 0 Å². The van der Waals surface area contributed by atoms with Crippen LogP contribution in [0.2, 0.25) is 5.02 Å². The van der Waals surface area contributed by atoms with Crippen molar-refractivity contribution in [3.63, 3.8) is 0 Å². The maximum Gasteiger partial charge on any atom is 0.186 e. The second-order valence-corrected chi connectivity index (χ2v) is 2.96. The molecule has 1 rings (SSSR count). The van der Waals surface area contributed by atoms with Gasteiger partial charge in [-0.1, -0.05) is 23.7 Å². The van der Waals surface area contributed by atoms with Crippen molar-refractivity contribution in [2.75, 3.05) is 0 Å². The van der Waals surface area contributed by atoms with Gasteiger partial charge in [-0.25, -0.2) is 0 Å². The summed E-state index contributed by atoms with van der Waals surface area (Å²) in [5.41, 5.74) is 0.432. The number of hydrogen-bond donors (Lipinski definition) is 2. The van der Waals surface area contributed by atoms with Gasteiger partial charge in [0.15, 0.2) is 5.79 Å². The predicted octanol–water partition coefficient (Wildman–Crippen LogP) is 1.50. The van der Waals surface area contributed by atoms with E-state index in [4.69, 9.17) is 21.8 Å². The lowest BCUT2D eigenvalue weighted by Crippen LogP contribution is -2.19. The molecular formula is C8H9ClO2. The topological polar surface area (TPSA) is 40.5 Å². The Morgan fingerprint density at radius 1 is 1.18 bits per heavy atom. The van der Waals surface area contributed by atoms with E-state index in [1.54, 1.807) is 24.3 Å². The molecule has 0 fully saturated rings. The minimum absolute atomic E-state index is 0.432.